The number of hydrogen-bond donors (Lipinski definition) is 1. The maximum atomic E-state index is 10.1. The van der Waals surface area contributed by atoms with E-state index in [4.69, 9.17) is 0 Å². The SMILES string of the molecule is CCn1ncnc1CC(O)CC(C)C(C)(C)C. The van der Waals surface area contributed by atoms with Gasteiger partial charge in [-0.15, -0.1) is 0 Å². The number of rotatable bonds is 5. The highest BCUT2D eigenvalue weighted by Crippen LogP contribution is 2.29. The highest BCUT2D eigenvalue weighted by atomic mass is 16.3. The van der Waals surface area contributed by atoms with Crippen molar-refractivity contribution >= 4 is 0 Å². The molecule has 1 heterocycles. The number of aromatic nitrogens is 3. The molecule has 98 valence electrons. The first-order valence-corrected chi connectivity index (χ1v) is 6.39. The molecule has 0 aliphatic carbocycles. The normalized spacial score (nSPS) is 15.9. The number of hydrogen-bond acceptors (Lipinski definition) is 3. The Hall–Kier alpha value is -0.900. The third-order valence-corrected chi connectivity index (χ3v) is 3.52. The van der Waals surface area contributed by atoms with Gasteiger partial charge in [0.25, 0.3) is 0 Å². The van der Waals surface area contributed by atoms with Gasteiger partial charge < -0.3 is 5.11 Å². The lowest BCUT2D eigenvalue weighted by Crippen LogP contribution is -2.25. The lowest BCUT2D eigenvalue weighted by Gasteiger charge is -2.29. The van der Waals surface area contributed by atoms with Gasteiger partial charge in [0.05, 0.1) is 6.10 Å². The topological polar surface area (TPSA) is 50.9 Å². The van der Waals surface area contributed by atoms with Crippen LogP contribution in [-0.2, 0) is 13.0 Å². The monoisotopic (exact) mass is 239 g/mol. The first-order valence-electron chi connectivity index (χ1n) is 6.39. The van der Waals surface area contributed by atoms with Gasteiger partial charge in [0.15, 0.2) is 0 Å². The van der Waals surface area contributed by atoms with Crippen molar-refractivity contribution in [1.29, 1.82) is 0 Å². The third-order valence-electron chi connectivity index (χ3n) is 3.52. The Morgan fingerprint density at radius 3 is 2.59 bits per heavy atom. The molecule has 1 rings (SSSR count). The maximum Gasteiger partial charge on any atom is 0.138 e. The van der Waals surface area contributed by atoms with E-state index in [1.165, 1.54) is 0 Å². The molecule has 0 aliphatic rings. The van der Waals surface area contributed by atoms with E-state index in [-0.39, 0.29) is 11.5 Å². The third kappa shape index (κ3) is 4.11. The van der Waals surface area contributed by atoms with Crippen LogP contribution in [0.1, 0.15) is 46.9 Å². The van der Waals surface area contributed by atoms with Gasteiger partial charge in [-0.1, -0.05) is 27.7 Å². The Balaban J connectivity index is 2.53. The molecule has 0 spiro atoms. The van der Waals surface area contributed by atoms with Gasteiger partial charge in [-0.2, -0.15) is 5.10 Å². The smallest absolute Gasteiger partial charge is 0.138 e. The molecule has 4 heteroatoms. The largest absolute Gasteiger partial charge is 0.393 e. The number of aliphatic hydroxyl groups is 1. The summed E-state index contributed by atoms with van der Waals surface area (Å²) in [6, 6.07) is 0. The van der Waals surface area contributed by atoms with E-state index < -0.39 is 0 Å². The minimum atomic E-state index is -0.335. The van der Waals surface area contributed by atoms with Gasteiger partial charge in [0.1, 0.15) is 12.2 Å². The Labute approximate surface area is 104 Å². The molecule has 0 aliphatic heterocycles. The fourth-order valence-electron chi connectivity index (χ4n) is 1.77. The van der Waals surface area contributed by atoms with Crippen LogP contribution in [0.4, 0.5) is 0 Å². The van der Waals surface area contributed by atoms with Gasteiger partial charge in [-0.25, -0.2) is 4.98 Å². The second kappa shape index (κ2) is 5.63. The van der Waals surface area contributed by atoms with Crippen LogP contribution in [0.25, 0.3) is 0 Å². The van der Waals surface area contributed by atoms with Crippen LogP contribution in [0.2, 0.25) is 0 Å². The minimum Gasteiger partial charge on any atom is -0.393 e. The highest BCUT2D eigenvalue weighted by Gasteiger charge is 2.23. The summed E-state index contributed by atoms with van der Waals surface area (Å²) in [4.78, 5) is 4.19. The molecule has 0 bridgehead atoms. The van der Waals surface area contributed by atoms with E-state index in [1.54, 1.807) is 6.33 Å². The van der Waals surface area contributed by atoms with Gasteiger partial charge in [0.2, 0.25) is 0 Å². The van der Waals surface area contributed by atoms with Crippen molar-refractivity contribution in [2.24, 2.45) is 11.3 Å². The summed E-state index contributed by atoms with van der Waals surface area (Å²) < 4.78 is 1.84. The lowest BCUT2D eigenvalue weighted by molar-refractivity contribution is 0.108. The van der Waals surface area contributed by atoms with E-state index in [0.29, 0.717) is 12.3 Å². The molecule has 1 aromatic rings. The molecule has 2 unspecified atom stereocenters. The molecule has 0 aromatic carbocycles. The first-order chi connectivity index (χ1) is 7.84. The summed E-state index contributed by atoms with van der Waals surface area (Å²) in [5, 5.41) is 14.2. The molecule has 1 aromatic heterocycles. The van der Waals surface area contributed by atoms with E-state index >= 15 is 0 Å². The van der Waals surface area contributed by atoms with E-state index in [1.807, 2.05) is 11.6 Å². The standard InChI is InChI=1S/C13H25N3O/c1-6-16-12(14-9-15-16)8-11(17)7-10(2)13(3,4)5/h9-11,17H,6-8H2,1-5H3. The van der Waals surface area contributed by atoms with Crippen LogP contribution in [-0.4, -0.2) is 26.0 Å². The molecule has 0 saturated heterocycles. The van der Waals surface area contributed by atoms with Gasteiger partial charge >= 0.3 is 0 Å². The predicted octanol–water partition coefficient (Wildman–Crippen LogP) is 2.27. The summed E-state index contributed by atoms with van der Waals surface area (Å²) >= 11 is 0. The fraction of sp³-hybridized carbons (Fsp3) is 0.846. The van der Waals surface area contributed by atoms with Crippen molar-refractivity contribution in [2.45, 2.75) is 60.1 Å². The Morgan fingerprint density at radius 1 is 1.41 bits per heavy atom. The summed E-state index contributed by atoms with van der Waals surface area (Å²) in [6.07, 6.45) is 2.62. The zero-order chi connectivity index (χ0) is 13.1. The van der Waals surface area contributed by atoms with Crippen molar-refractivity contribution < 1.29 is 5.11 Å². The molecular weight excluding hydrogens is 214 g/mol. The number of aryl methyl sites for hydroxylation is 1. The van der Waals surface area contributed by atoms with E-state index in [0.717, 1.165) is 18.8 Å². The van der Waals surface area contributed by atoms with Crippen LogP contribution in [0.3, 0.4) is 0 Å². The molecule has 0 amide bonds. The van der Waals surface area contributed by atoms with Crippen LogP contribution in [0.5, 0.6) is 0 Å². The van der Waals surface area contributed by atoms with E-state index in [9.17, 15) is 5.11 Å². The van der Waals surface area contributed by atoms with Crippen LogP contribution < -0.4 is 0 Å². The molecule has 4 nitrogen and oxygen atoms in total. The summed E-state index contributed by atoms with van der Waals surface area (Å²) in [5.41, 5.74) is 0.236. The fourth-order valence-corrected chi connectivity index (χ4v) is 1.77. The second-order valence-corrected chi connectivity index (χ2v) is 5.85. The molecule has 0 saturated carbocycles. The number of nitrogens with zero attached hydrogens (tertiary/aromatic N) is 3. The van der Waals surface area contributed by atoms with Crippen LogP contribution in [0.15, 0.2) is 6.33 Å². The summed E-state index contributed by atoms with van der Waals surface area (Å²) in [5.74, 6) is 1.36. The lowest BCUT2D eigenvalue weighted by atomic mass is 9.78. The van der Waals surface area contributed by atoms with E-state index in [2.05, 4.69) is 37.8 Å². The molecule has 0 radical (unpaired) electrons. The van der Waals surface area contributed by atoms with Crippen molar-refractivity contribution in [2.75, 3.05) is 0 Å². The molecular formula is C13H25N3O. The van der Waals surface area contributed by atoms with Gasteiger partial charge in [0, 0.05) is 13.0 Å². The van der Waals surface area contributed by atoms with Crippen LogP contribution in [0, 0.1) is 11.3 Å². The average molecular weight is 239 g/mol. The molecule has 17 heavy (non-hydrogen) atoms. The Morgan fingerprint density at radius 2 is 2.06 bits per heavy atom. The molecule has 2 atom stereocenters. The minimum absolute atomic E-state index is 0.236. The van der Waals surface area contributed by atoms with Crippen molar-refractivity contribution in [3.8, 4) is 0 Å². The van der Waals surface area contributed by atoms with Crippen molar-refractivity contribution in [3.63, 3.8) is 0 Å². The average Bonchev–Trinajstić information content (AvgIpc) is 2.63. The highest BCUT2D eigenvalue weighted by molar-refractivity contribution is 4.88. The summed E-state index contributed by atoms with van der Waals surface area (Å²) in [7, 11) is 0. The van der Waals surface area contributed by atoms with Crippen molar-refractivity contribution in [1.82, 2.24) is 14.8 Å². The molecule has 0 fully saturated rings. The Bertz CT molecular complexity index is 341. The summed E-state index contributed by atoms with van der Waals surface area (Å²) in [6.45, 7) is 11.6. The van der Waals surface area contributed by atoms with Crippen molar-refractivity contribution in [3.05, 3.63) is 12.2 Å². The Kier molecular flexibility index (Phi) is 4.69. The zero-order valence-corrected chi connectivity index (χ0v) is 11.6. The quantitative estimate of drug-likeness (QED) is 0.857. The van der Waals surface area contributed by atoms with Crippen LogP contribution >= 0.6 is 0 Å². The number of aliphatic hydroxyl groups excluding tert-OH is 1. The first kappa shape index (κ1) is 14.2. The van der Waals surface area contributed by atoms with Gasteiger partial charge in [-0.3, -0.25) is 4.68 Å². The maximum absolute atomic E-state index is 10.1. The molecule has 1 N–H and O–H groups in total. The zero-order valence-electron chi connectivity index (χ0n) is 11.6. The van der Waals surface area contributed by atoms with Gasteiger partial charge in [-0.05, 0) is 24.7 Å². The predicted molar refractivity (Wildman–Crippen MR) is 68.6 cm³/mol. The second-order valence-electron chi connectivity index (χ2n) is 5.85.